The third-order valence-electron chi connectivity index (χ3n) is 4.98. The van der Waals surface area contributed by atoms with Gasteiger partial charge in [-0.25, -0.2) is 9.79 Å². The molecule has 2 aliphatic rings. The molecule has 0 saturated heterocycles. The number of esters is 1. The number of benzene rings is 2. The van der Waals surface area contributed by atoms with Gasteiger partial charge in [0, 0.05) is 29.4 Å². The Morgan fingerprint density at radius 1 is 1.00 bits per heavy atom. The summed E-state index contributed by atoms with van der Waals surface area (Å²) < 4.78 is 5.32. The second kappa shape index (κ2) is 5.99. The Kier molecular flexibility index (Phi) is 3.76. The van der Waals surface area contributed by atoms with E-state index >= 15 is 0 Å². The first-order valence-electron chi connectivity index (χ1n) is 8.60. The predicted octanol–water partition coefficient (Wildman–Crippen LogP) is 4.19. The van der Waals surface area contributed by atoms with Crippen LogP contribution in [0.4, 0.5) is 5.69 Å². The van der Waals surface area contributed by atoms with Crippen LogP contribution in [0, 0.1) is 0 Å². The van der Waals surface area contributed by atoms with Crippen LogP contribution in [0.25, 0.3) is 0 Å². The maximum atomic E-state index is 12.2. The van der Waals surface area contributed by atoms with Crippen LogP contribution in [-0.4, -0.2) is 18.9 Å². The van der Waals surface area contributed by atoms with Crippen LogP contribution >= 0.6 is 0 Å². The average Bonchev–Trinajstić information content (AvgIpc) is 3.11. The van der Waals surface area contributed by atoms with Gasteiger partial charge in [-0.15, -0.1) is 0 Å². The van der Waals surface area contributed by atoms with Crippen LogP contribution in [0.1, 0.15) is 25.0 Å². The van der Waals surface area contributed by atoms with Crippen molar-refractivity contribution in [1.29, 1.82) is 0 Å². The maximum absolute atomic E-state index is 12.2. The largest absolute Gasteiger partial charge is 0.402 e. The zero-order valence-corrected chi connectivity index (χ0v) is 15.1. The molecule has 0 radical (unpaired) electrons. The van der Waals surface area contributed by atoms with Crippen LogP contribution in [-0.2, 0) is 14.9 Å². The molecule has 0 bridgehead atoms. The molecule has 0 amide bonds. The zero-order chi connectivity index (χ0) is 18.3. The normalized spacial score (nSPS) is 21.1. The second-order valence-corrected chi connectivity index (χ2v) is 6.98. The van der Waals surface area contributed by atoms with Gasteiger partial charge in [0.2, 0.25) is 5.90 Å². The molecular weight excluding hydrogens is 324 g/mol. The average molecular weight is 344 g/mol. The molecule has 0 aromatic heterocycles. The Morgan fingerprint density at radius 2 is 1.69 bits per heavy atom. The lowest BCUT2D eigenvalue weighted by atomic mass is 9.84. The zero-order valence-electron chi connectivity index (χ0n) is 15.1. The van der Waals surface area contributed by atoms with Gasteiger partial charge in [0.1, 0.15) is 0 Å². The Labute approximate surface area is 153 Å². The summed E-state index contributed by atoms with van der Waals surface area (Å²) in [6, 6.07) is 17.8. The van der Waals surface area contributed by atoms with E-state index in [0.29, 0.717) is 11.6 Å². The number of aliphatic imine (C=N–C) groups is 1. The van der Waals surface area contributed by atoms with Gasteiger partial charge < -0.3 is 9.64 Å². The Morgan fingerprint density at radius 3 is 2.42 bits per heavy atom. The molecule has 2 aliphatic heterocycles. The lowest BCUT2D eigenvalue weighted by Gasteiger charge is -2.23. The molecule has 2 aromatic carbocycles. The summed E-state index contributed by atoms with van der Waals surface area (Å²) in [5.74, 6) is -0.0701. The number of nitrogens with zero attached hydrogens (tertiary/aromatic N) is 2. The summed E-state index contributed by atoms with van der Waals surface area (Å²) in [6.45, 7) is 4.37. The highest BCUT2D eigenvalue weighted by Crippen LogP contribution is 2.46. The molecule has 0 N–H and O–H groups in total. The van der Waals surface area contributed by atoms with Crippen LogP contribution in [0.15, 0.2) is 83.1 Å². The molecule has 4 nitrogen and oxygen atoms in total. The number of fused-ring (bicyclic) bond motifs is 1. The fraction of sp³-hybridized carbons (Fsp3) is 0.182. The van der Waals surface area contributed by atoms with Crippen LogP contribution in [0.3, 0.4) is 0 Å². The summed E-state index contributed by atoms with van der Waals surface area (Å²) in [6.07, 6.45) is 3.71. The Bertz CT molecular complexity index is 969. The van der Waals surface area contributed by atoms with Crippen molar-refractivity contribution in [3.05, 3.63) is 89.3 Å². The van der Waals surface area contributed by atoms with Crippen LogP contribution < -0.4 is 4.90 Å². The van der Waals surface area contributed by atoms with Crippen molar-refractivity contribution in [2.45, 2.75) is 19.3 Å². The van der Waals surface area contributed by atoms with E-state index in [1.807, 2.05) is 49.5 Å². The standard InChI is InChI=1S/C22H20N2O2/c1-22(2)16-11-7-8-12-18(16)24(3)19(22)14-13-17-21(25)26-20(23-17)15-9-5-4-6-10-15/h4-14H,1-3H3. The van der Waals surface area contributed by atoms with E-state index in [0.717, 1.165) is 11.3 Å². The maximum Gasteiger partial charge on any atom is 0.363 e. The summed E-state index contributed by atoms with van der Waals surface area (Å²) >= 11 is 0. The Balaban J connectivity index is 1.69. The molecule has 0 aliphatic carbocycles. The fourth-order valence-corrected chi connectivity index (χ4v) is 3.59. The van der Waals surface area contributed by atoms with Gasteiger partial charge in [0.05, 0.1) is 0 Å². The molecule has 2 aromatic rings. The lowest BCUT2D eigenvalue weighted by molar-refractivity contribution is -0.130. The monoisotopic (exact) mass is 344 g/mol. The third-order valence-corrected chi connectivity index (χ3v) is 4.98. The van der Waals surface area contributed by atoms with Crippen molar-refractivity contribution in [2.75, 3.05) is 11.9 Å². The van der Waals surface area contributed by atoms with Gasteiger partial charge in [0.15, 0.2) is 5.70 Å². The molecule has 0 spiro atoms. The van der Waals surface area contributed by atoms with E-state index in [1.165, 1.54) is 11.3 Å². The van der Waals surface area contributed by atoms with Crippen LogP contribution in [0.2, 0.25) is 0 Å². The van der Waals surface area contributed by atoms with E-state index in [1.54, 1.807) is 6.08 Å². The van der Waals surface area contributed by atoms with Gasteiger partial charge in [-0.2, -0.15) is 0 Å². The molecule has 4 heteroatoms. The highest BCUT2D eigenvalue weighted by Gasteiger charge is 2.37. The second-order valence-electron chi connectivity index (χ2n) is 6.98. The molecule has 2 heterocycles. The number of carbonyl (C=O) groups is 1. The number of ether oxygens (including phenoxy) is 1. The van der Waals surface area contributed by atoms with Gasteiger partial charge in [0.25, 0.3) is 0 Å². The van der Waals surface area contributed by atoms with Gasteiger partial charge in [-0.05, 0) is 35.9 Å². The molecule has 0 saturated carbocycles. The topological polar surface area (TPSA) is 41.9 Å². The van der Waals surface area contributed by atoms with Crippen molar-refractivity contribution < 1.29 is 9.53 Å². The summed E-state index contributed by atoms with van der Waals surface area (Å²) in [5, 5.41) is 0. The first-order valence-corrected chi connectivity index (χ1v) is 8.60. The third kappa shape index (κ3) is 2.54. The summed E-state index contributed by atoms with van der Waals surface area (Å²) in [7, 11) is 2.05. The summed E-state index contributed by atoms with van der Waals surface area (Å²) in [4.78, 5) is 18.7. The lowest BCUT2D eigenvalue weighted by Crippen LogP contribution is -2.22. The minimum Gasteiger partial charge on any atom is -0.402 e. The van der Waals surface area contributed by atoms with Crippen molar-refractivity contribution in [2.24, 2.45) is 4.99 Å². The predicted molar refractivity (Wildman–Crippen MR) is 103 cm³/mol. The minimum atomic E-state index is -0.420. The summed E-state index contributed by atoms with van der Waals surface area (Å²) in [5.41, 5.74) is 4.54. The minimum absolute atomic E-state index is 0.142. The van der Waals surface area contributed by atoms with Gasteiger partial charge >= 0.3 is 5.97 Å². The molecule has 0 unspecified atom stereocenters. The number of cyclic esters (lactones) is 1. The SMILES string of the molecule is CN1C(=CC=C2N=C(c3ccccc3)OC2=O)C(C)(C)c2ccccc21. The van der Waals surface area contributed by atoms with Crippen molar-refractivity contribution >= 4 is 17.6 Å². The Hall–Kier alpha value is -3.14. The van der Waals surface area contributed by atoms with E-state index < -0.39 is 5.97 Å². The highest BCUT2D eigenvalue weighted by atomic mass is 16.6. The number of allylic oxidation sites excluding steroid dienone is 3. The smallest absolute Gasteiger partial charge is 0.363 e. The van der Waals surface area contributed by atoms with Crippen molar-refractivity contribution in [3.63, 3.8) is 0 Å². The van der Waals surface area contributed by atoms with E-state index in [2.05, 4.69) is 41.9 Å². The molecule has 130 valence electrons. The van der Waals surface area contributed by atoms with Gasteiger partial charge in [-0.3, -0.25) is 0 Å². The molecule has 4 rings (SSSR count). The highest BCUT2D eigenvalue weighted by molar-refractivity contribution is 6.11. The number of hydrogen-bond donors (Lipinski definition) is 0. The number of likely N-dealkylation sites (N-methyl/N-ethyl adjacent to an activating group) is 1. The number of carbonyl (C=O) groups excluding carboxylic acids is 1. The van der Waals surface area contributed by atoms with Gasteiger partial charge in [-0.1, -0.05) is 50.2 Å². The molecule has 0 fully saturated rings. The number of hydrogen-bond acceptors (Lipinski definition) is 4. The first kappa shape index (κ1) is 16.3. The number of rotatable bonds is 2. The molecular formula is C22H20N2O2. The number of anilines is 1. The van der Waals surface area contributed by atoms with Crippen LogP contribution in [0.5, 0.6) is 0 Å². The molecule has 0 atom stereocenters. The quantitative estimate of drug-likeness (QED) is 0.606. The molecule has 26 heavy (non-hydrogen) atoms. The number of para-hydroxylation sites is 1. The van der Waals surface area contributed by atoms with E-state index in [9.17, 15) is 4.79 Å². The van der Waals surface area contributed by atoms with Crippen molar-refractivity contribution in [3.8, 4) is 0 Å². The van der Waals surface area contributed by atoms with Crippen molar-refractivity contribution in [1.82, 2.24) is 0 Å². The van der Waals surface area contributed by atoms with E-state index in [4.69, 9.17) is 4.74 Å². The van der Waals surface area contributed by atoms with E-state index in [-0.39, 0.29) is 5.41 Å². The fourth-order valence-electron chi connectivity index (χ4n) is 3.59. The first-order chi connectivity index (χ1) is 12.5.